The molecular formula is C14H18ClN3O2. The molecule has 0 atom stereocenters. The van der Waals surface area contributed by atoms with E-state index >= 15 is 0 Å². The van der Waals surface area contributed by atoms with Crippen LogP contribution in [0.25, 0.3) is 10.9 Å². The van der Waals surface area contributed by atoms with Crippen LogP contribution in [0, 0.1) is 0 Å². The first-order chi connectivity index (χ1) is 9.34. The lowest BCUT2D eigenvalue weighted by atomic mass is 10.1. The number of ether oxygens (including phenoxy) is 2. The zero-order chi connectivity index (χ0) is 14.9. The summed E-state index contributed by atoms with van der Waals surface area (Å²) in [6.45, 7) is 6.15. The van der Waals surface area contributed by atoms with Gasteiger partial charge in [0.25, 0.3) is 0 Å². The van der Waals surface area contributed by atoms with Crippen LogP contribution in [-0.4, -0.2) is 29.7 Å². The molecule has 1 heterocycles. The second kappa shape index (κ2) is 5.32. The Morgan fingerprint density at radius 3 is 2.20 bits per heavy atom. The van der Waals surface area contributed by atoms with Gasteiger partial charge in [0.2, 0.25) is 5.28 Å². The minimum absolute atomic E-state index is 0.141. The van der Waals surface area contributed by atoms with Crippen LogP contribution in [0.1, 0.15) is 20.8 Å². The summed E-state index contributed by atoms with van der Waals surface area (Å²) in [5.74, 6) is 1.91. The third-order valence-corrected chi connectivity index (χ3v) is 2.84. The molecule has 2 rings (SSSR count). The van der Waals surface area contributed by atoms with Crippen molar-refractivity contribution in [3.63, 3.8) is 0 Å². The Kier molecular flexibility index (Phi) is 3.90. The topological polar surface area (TPSA) is 56.3 Å². The molecule has 1 aromatic heterocycles. The molecule has 0 fully saturated rings. The van der Waals surface area contributed by atoms with Crippen LogP contribution in [0.4, 0.5) is 5.82 Å². The van der Waals surface area contributed by atoms with Crippen molar-refractivity contribution in [2.75, 3.05) is 19.5 Å². The molecular weight excluding hydrogens is 278 g/mol. The summed E-state index contributed by atoms with van der Waals surface area (Å²) < 4.78 is 10.6. The zero-order valence-corrected chi connectivity index (χ0v) is 13.0. The van der Waals surface area contributed by atoms with Crippen LogP contribution >= 0.6 is 11.6 Å². The number of hydrogen-bond acceptors (Lipinski definition) is 5. The molecule has 0 radical (unpaired) electrons. The summed E-state index contributed by atoms with van der Waals surface area (Å²) >= 11 is 5.99. The molecule has 1 aromatic carbocycles. The van der Waals surface area contributed by atoms with Crippen LogP contribution in [0.2, 0.25) is 5.28 Å². The van der Waals surface area contributed by atoms with Gasteiger partial charge in [-0.05, 0) is 38.4 Å². The molecule has 0 amide bonds. The van der Waals surface area contributed by atoms with Gasteiger partial charge in [-0.2, -0.15) is 0 Å². The second-order valence-corrected chi connectivity index (χ2v) is 5.78. The fraction of sp³-hybridized carbons (Fsp3) is 0.429. The molecule has 20 heavy (non-hydrogen) atoms. The van der Waals surface area contributed by atoms with Crippen molar-refractivity contribution in [1.82, 2.24) is 9.97 Å². The molecule has 0 bridgehead atoms. The van der Waals surface area contributed by atoms with E-state index in [1.807, 2.05) is 6.07 Å². The maximum absolute atomic E-state index is 5.99. The second-order valence-electron chi connectivity index (χ2n) is 5.44. The van der Waals surface area contributed by atoms with E-state index < -0.39 is 0 Å². The summed E-state index contributed by atoms with van der Waals surface area (Å²) in [5.41, 5.74) is 0.562. The number of methoxy groups -OCH3 is 2. The molecule has 0 unspecified atom stereocenters. The molecule has 0 aliphatic heterocycles. The highest BCUT2D eigenvalue weighted by atomic mass is 35.5. The SMILES string of the molecule is COc1cc2nc(Cl)nc(NC(C)(C)C)c2cc1OC. The fourth-order valence-electron chi connectivity index (χ4n) is 1.88. The highest BCUT2D eigenvalue weighted by Crippen LogP contribution is 2.35. The molecule has 0 spiro atoms. The molecule has 6 heteroatoms. The van der Waals surface area contributed by atoms with Gasteiger partial charge in [-0.1, -0.05) is 0 Å². The van der Waals surface area contributed by atoms with Crippen molar-refractivity contribution in [1.29, 1.82) is 0 Å². The number of anilines is 1. The Morgan fingerprint density at radius 1 is 1.05 bits per heavy atom. The standard InChI is InChI=1S/C14H18ClN3O2/c1-14(2,3)18-12-8-6-10(19-4)11(20-5)7-9(8)16-13(15)17-12/h6-7H,1-5H3,(H,16,17,18). The minimum Gasteiger partial charge on any atom is -0.493 e. The third kappa shape index (κ3) is 3.04. The molecule has 0 saturated heterocycles. The molecule has 0 saturated carbocycles. The Morgan fingerprint density at radius 2 is 1.65 bits per heavy atom. The average molecular weight is 296 g/mol. The number of aromatic nitrogens is 2. The van der Waals surface area contributed by atoms with Crippen molar-refractivity contribution < 1.29 is 9.47 Å². The number of benzene rings is 1. The maximum atomic E-state index is 5.99. The van der Waals surface area contributed by atoms with Crippen LogP contribution in [-0.2, 0) is 0 Å². The molecule has 5 nitrogen and oxygen atoms in total. The maximum Gasteiger partial charge on any atom is 0.224 e. The van der Waals surface area contributed by atoms with Crippen molar-refractivity contribution >= 4 is 28.3 Å². The first kappa shape index (κ1) is 14.7. The molecule has 0 aliphatic rings. The van der Waals surface area contributed by atoms with Crippen LogP contribution < -0.4 is 14.8 Å². The number of nitrogens with one attached hydrogen (secondary N) is 1. The van der Waals surface area contributed by atoms with E-state index in [1.54, 1.807) is 20.3 Å². The van der Waals surface area contributed by atoms with Gasteiger partial charge in [0.1, 0.15) is 5.82 Å². The normalized spacial score (nSPS) is 11.5. The average Bonchev–Trinajstić information content (AvgIpc) is 2.35. The highest BCUT2D eigenvalue weighted by molar-refractivity contribution is 6.28. The summed E-state index contributed by atoms with van der Waals surface area (Å²) in [5, 5.41) is 4.35. The van der Waals surface area contributed by atoms with E-state index in [2.05, 4.69) is 36.1 Å². The van der Waals surface area contributed by atoms with Crippen LogP contribution in [0.15, 0.2) is 12.1 Å². The highest BCUT2D eigenvalue weighted by Gasteiger charge is 2.16. The smallest absolute Gasteiger partial charge is 0.224 e. The minimum atomic E-state index is -0.141. The van der Waals surface area contributed by atoms with Gasteiger partial charge in [-0.3, -0.25) is 0 Å². The Bertz CT molecular complexity index is 638. The third-order valence-electron chi connectivity index (χ3n) is 2.67. The van der Waals surface area contributed by atoms with Crippen molar-refractivity contribution in [3.8, 4) is 11.5 Å². The van der Waals surface area contributed by atoms with E-state index in [0.29, 0.717) is 22.8 Å². The lowest BCUT2D eigenvalue weighted by Crippen LogP contribution is -2.27. The number of nitrogens with zero attached hydrogens (tertiary/aromatic N) is 2. The van der Waals surface area contributed by atoms with Gasteiger partial charge in [0.05, 0.1) is 19.7 Å². The van der Waals surface area contributed by atoms with E-state index in [0.717, 1.165) is 5.39 Å². The van der Waals surface area contributed by atoms with E-state index in [1.165, 1.54) is 0 Å². The lowest BCUT2D eigenvalue weighted by Gasteiger charge is -2.22. The van der Waals surface area contributed by atoms with E-state index in [4.69, 9.17) is 21.1 Å². The summed E-state index contributed by atoms with van der Waals surface area (Å²) in [4.78, 5) is 8.49. The molecule has 108 valence electrons. The number of hydrogen-bond donors (Lipinski definition) is 1. The van der Waals surface area contributed by atoms with Gasteiger partial charge in [-0.25, -0.2) is 9.97 Å². The van der Waals surface area contributed by atoms with Gasteiger partial charge in [-0.15, -0.1) is 0 Å². The Labute approximate surface area is 123 Å². The fourth-order valence-corrected chi connectivity index (χ4v) is 2.05. The number of rotatable bonds is 3. The van der Waals surface area contributed by atoms with E-state index in [-0.39, 0.29) is 10.8 Å². The summed E-state index contributed by atoms with van der Waals surface area (Å²) in [6.07, 6.45) is 0. The van der Waals surface area contributed by atoms with Crippen molar-refractivity contribution in [2.24, 2.45) is 0 Å². The summed E-state index contributed by atoms with van der Waals surface area (Å²) in [7, 11) is 3.18. The van der Waals surface area contributed by atoms with Gasteiger partial charge < -0.3 is 14.8 Å². The predicted octanol–water partition coefficient (Wildman–Crippen LogP) is 3.51. The first-order valence-electron chi connectivity index (χ1n) is 6.21. The quantitative estimate of drug-likeness (QED) is 0.878. The van der Waals surface area contributed by atoms with Gasteiger partial charge >= 0.3 is 0 Å². The molecule has 0 aliphatic carbocycles. The monoisotopic (exact) mass is 295 g/mol. The largest absolute Gasteiger partial charge is 0.493 e. The van der Waals surface area contributed by atoms with Crippen molar-refractivity contribution in [3.05, 3.63) is 17.4 Å². The van der Waals surface area contributed by atoms with Crippen LogP contribution in [0.5, 0.6) is 11.5 Å². The first-order valence-corrected chi connectivity index (χ1v) is 6.59. The van der Waals surface area contributed by atoms with Gasteiger partial charge in [0.15, 0.2) is 11.5 Å². The van der Waals surface area contributed by atoms with Crippen molar-refractivity contribution in [2.45, 2.75) is 26.3 Å². The Hall–Kier alpha value is -1.75. The molecule has 1 N–H and O–H groups in total. The molecule has 2 aromatic rings. The van der Waals surface area contributed by atoms with Crippen LogP contribution in [0.3, 0.4) is 0 Å². The summed E-state index contributed by atoms with van der Waals surface area (Å²) in [6, 6.07) is 3.63. The number of fused-ring (bicyclic) bond motifs is 1. The Balaban J connectivity index is 2.68. The lowest BCUT2D eigenvalue weighted by molar-refractivity contribution is 0.356. The van der Waals surface area contributed by atoms with E-state index in [9.17, 15) is 0 Å². The van der Waals surface area contributed by atoms with Gasteiger partial charge in [0, 0.05) is 17.0 Å². The zero-order valence-electron chi connectivity index (χ0n) is 12.2. The number of halogens is 1. The predicted molar refractivity (Wildman–Crippen MR) is 81.0 cm³/mol.